The minimum absolute atomic E-state index is 0.446. The van der Waals surface area contributed by atoms with Gasteiger partial charge in [-0.1, -0.05) is 15.9 Å². The Morgan fingerprint density at radius 2 is 2.24 bits per heavy atom. The average molecular weight is 333 g/mol. The van der Waals surface area contributed by atoms with Crippen LogP contribution in [0.1, 0.15) is 9.88 Å². The summed E-state index contributed by atoms with van der Waals surface area (Å²) in [5.41, 5.74) is 1.94. The van der Waals surface area contributed by atoms with Gasteiger partial charge in [0.1, 0.15) is 10.8 Å². The van der Waals surface area contributed by atoms with E-state index in [2.05, 4.69) is 20.9 Å². The first kappa shape index (κ1) is 12.9. The highest BCUT2D eigenvalue weighted by atomic mass is 79.9. The Morgan fingerprint density at radius 1 is 1.47 bits per heavy atom. The van der Waals surface area contributed by atoms with Gasteiger partial charge in [-0.25, -0.2) is 4.98 Å². The third-order valence-corrected chi connectivity index (χ3v) is 4.25. The largest absolute Gasteiger partial charge is 0.496 e. The van der Waals surface area contributed by atoms with Crippen LogP contribution >= 0.6 is 38.9 Å². The summed E-state index contributed by atoms with van der Waals surface area (Å²) in [6.45, 7) is 2.05. The van der Waals surface area contributed by atoms with Crippen LogP contribution in [0.2, 0.25) is 0 Å². The minimum atomic E-state index is 0.446. The van der Waals surface area contributed by atoms with E-state index in [-0.39, 0.29) is 0 Å². The number of thiazole rings is 1. The molecule has 0 saturated carbocycles. The Hall–Kier alpha value is -0.580. The number of nitrogens with zero attached hydrogens (tertiary/aromatic N) is 1. The predicted molar refractivity (Wildman–Crippen MR) is 76.1 cm³/mol. The number of hydrogen-bond acceptors (Lipinski definition) is 3. The first-order chi connectivity index (χ1) is 8.15. The summed E-state index contributed by atoms with van der Waals surface area (Å²) in [6, 6.07) is 5.89. The second-order valence-corrected chi connectivity index (χ2v) is 5.96. The van der Waals surface area contributed by atoms with Gasteiger partial charge in [-0.2, -0.15) is 0 Å². The highest BCUT2D eigenvalue weighted by molar-refractivity contribution is 9.10. The minimum Gasteiger partial charge on any atom is -0.496 e. The van der Waals surface area contributed by atoms with Crippen molar-refractivity contribution in [2.24, 2.45) is 0 Å². The molecule has 0 aliphatic carbocycles. The lowest BCUT2D eigenvalue weighted by Crippen LogP contribution is -1.89. The van der Waals surface area contributed by atoms with E-state index in [0.29, 0.717) is 5.88 Å². The van der Waals surface area contributed by atoms with E-state index in [4.69, 9.17) is 16.3 Å². The SMILES string of the molecule is COc1ccc(Br)cc1-c1nc(CCl)sc1C. The molecule has 1 aromatic carbocycles. The van der Waals surface area contributed by atoms with Gasteiger partial charge in [0.05, 0.1) is 18.7 Å². The number of methoxy groups -OCH3 is 1. The summed E-state index contributed by atoms with van der Waals surface area (Å²) in [4.78, 5) is 5.68. The van der Waals surface area contributed by atoms with Gasteiger partial charge in [-0.3, -0.25) is 0 Å². The molecule has 90 valence electrons. The number of alkyl halides is 1. The first-order valence-electron chi connectivity index (χ1n) is 5.02. The Balaban J connectivity index is 2.58. The second kappa shape index (κ2) is 5.38. The van der Waals surface area contributed by atoms with Gasteiger partial charge in [-0.05, 0) is 25.1 Å². The van der Waals surface area contributed by atoms with Gasteiger partial charge in [0, 0.05) is 14.9 Å². The summed E-state index contributed by atoms with van der Waals surface area (Å²) < 4.78 is 6.37. The van der Waals surface area contributed by atoms with Crippen LogP contribution < -0.4 is 4.74 Å². The molecular formula is C12H11BrClNOS. The fourth-order valence-corrected chi connectivity index (χ4v) is 3.01. The molecule has 0 aliphatic heterocycles. The number of hydrogen-bond donors (Lipinski definition) is 0. The van der Waals surface area contributed by atoms with Crippen LogP contribution in [0, 0.1) is 6.92 Å². The fraction of sp³-hybridized carbons (Fsp3) is 0.250. The van der Waals surface area contributed by atoms with Crippen molar-refractivity contribution in [1.29, 1.82) is 0 Å². The zero-order valence-corrected chi connectivity index (χ0v) is 12.6. The van der Waals surface area contributed by atoms with Crippen LogP contribution in [0.4, 0.5) is 0 Å². The summed E-state index contributed by atoms with van der Waals surface area (Å²) >= 11 is 10.9. The molecule has 2 nitrogen and oxygen atoms in total. The lowest BCUT2D eigenvalue weighted by atomic mass is 10.1. The van der Waals surface area contributed by atoms with Crippen LogP contribution in [-0.2, 0) is 5.88 Å². The Kier molecular flexibility index (Phi) is 4.07. The molecular weight excluding hydrogens is 322 g/mol. The predicted octanol–water partition coefficient (Wildman–Crippen LogP) is 4.63. The highest BCUT2D eigenvalue weighted by Crippen LogP contribution is 2.36. The standard InChI is InChI=1S/C12H11BrClNOS/c1-7-12(15-11(6-14)17-7)9-5-8(13)3-4-10(9)16-2/h3-5H,6H2,1-2H3. The van der Waals surface area contributed by atoms with Crippen molar-refractivity contribution < 1.29 is 4.74 Å². The summed E-state index contributed by atoms with van der Waals surface area (Å²) in [5.74, 6) is 1.27. The Morgan fingerprint density at radius 3 is 2.82 bits per heavy atom. The smallest absolute Gasteiger partial charge is 0.128 e. The maximum absolute atomic E-state index is 5.81. The third-order valence-electron chi connectivity index (χ3n) is 2.37. The summed E-state index contributed by atoms with van der Waals surface area (Å²) in [5, 5.41) is 0.932. The fourth-order valence-electron chi connectivity index (χ4n) is 1.62. The van der Waals surface area contributed by atoms with Crippen molar-refractivity contribution in [2.75, 3.05) is 7.11 Å². The zero-order valence-electron chi connectivity index (χ0n) is 9.46. The topological polar surface area (TPSA) is 22.1 Å². The van der Waals surface area contributed by atoms with Crippen molar-refractivity contribution >= 4 is 38.9 Å². The molecule has 0 bridgehead atoms. The van der Waals surface area contributed by atoms with Crippen molar-refractivity contribution in [3.05, 3.63) is 32.6 Å². The number of aromatic nitrogens is 1. The molecule has 2 rings (SSSR count). The molecule has 0 aliphatic rings. The van der Waals surface area contributed by atoms with Crippen LogP contribution in [0.3, 0.4) is 0 Å². The van der Waals surface area contributed by atoms with Gasteiger partial charge in [0.2, 0.25) is 0 Å². The quantitative estimate of drug-likeness (QED) is 0.765. The van der Waals surface area contributed by atoms with E-state index in [0.717, 1.165) is 31.4 Å². The van der Waals surface area contributed by atoms with E-state index < -0.39 is 0 Å². The van der Waals surface area contributed by atoms with E-state index >= 15 is 0 Å². The molecule has 1 aromatic heterocycles. The van der Waals surface area contributed by atoms with Crippen molar-refractivity contribution in [3.8, 4) is 17.0 Å². The van der Waals surface area contributed by atoms with Crippen LogP contribution in [0.5, 0.6) is 5.75 Å². The lowest BCUT2D eigenvalue weighted by molar-refractivity contribution is 0.416. The van der Waals surface area contributed by atoms with Crippen LogP contribution in [0.15, 0.2) is 22.7 Å². The van der Waals surface area contributed by atoms with Gasteiger partial charge in [0.15, 0.2) is 0 Å². The normalized spacial score (nSPS) is 10.6. The number of halogens is 2. The van der Waals surface area contributed by atoms with E-state index in [1.54, 1.807) is 18.4 Å². The van der Waals surface area contributed by atoms with E-state index in [1.165, 1.54) is 0 Å². The number of aryl methyl sites for hydroxylation is 1. The average Bonchev–Trinajstić information content (AvgIpc) is 2.70. The monoisotopic (exact) mass is 331 g/mol. The Bertz CT molecular complexity index is 541. The molecule has 0 amide bonds. The van der Waals surface area contributed by atoms with Gasteiger partial charge >= 0.3 is 0 Å². The lowest BCUT2D eigenvalue weighted by Gasteiger charge is -2.07. The van der Waals surface area contributed by atoms with Gasteiger partial charge < -0.3 is 4.74 Å². The van der Waals surface area contributed by atoms with E-state index in [9.17, 15) is 0 Å². The molecule has 0 fully saturated rings. The Labute approximate surface area is 118 Å². The highest BCUT2D eigenvalue weighted by Gasteiger charge is 2.14. The van der Waals surface area contributed by atoms with Crippen LogP contribution in [-0.4, -0.2) is 12.1 Å². The molecule has 0 unspecified atom stereocenters. The second-order valence-electron chi connectivity index (χ2n) is 3.49. The first-order valence-corrected chi connectivity index (χ1v) is 7.16. The number of benzene rings is 1. The van der Waals surface area contributed by atoms with Gasteiger partial charge in [0.25, 0.3) is 0 Å². The molecule has 2 aromatic rings. The number of rotatable bonds is 3. The third kappa shape index (κ3) is 2.64. The molecule has 17 heavy (non-hydrogen) atoms. The molecule has 0 N–H and O–H groups in total. The molecule has 1 heterocycles. The van der Waals surface area contributed by atoms with Gasteiger partial charge in [-0.15, -0.1) is 22.9 Å². The maximum atomic E-state index is 5.81. The molecule has 0 spiro atoms. The van der Waals surface area contributed by atoms with E-state index in [1.807, 2.05) is 25.1 Å². The maximum Gasteiger partial charge on any atom is 0.128 e. The summed E-state index contributed by atoms with van der Waals surface area (Å²) in [6.07, 6.45) is 0. The van der Waals surface area contributed by atoms with Crippen molar-refractivity contribution in [3.63, 3.8) is 0 Å². The van der Waals surface area contributed by atoms with Crippen molar-refractivity contribution in [2.45, 2.75) is 12.8 Å². The number of ether oxygens (including phenoxy) is 1. The van der Waals surface area contributed by atoms with Crippen molar-refractivity contribution in [1.82, 2.24) is 4.98 Å². The zero-order chi connectivity index (χ0) is 12.4. The summed E-state index contributed by atoms with van der Waals surface area (Å²) in [7, 11) is 1.66. The molecule has 0 saturated heterocycles. The molecule has 0 radical (unpaired) electrons. The molecule has 5 heteroatoms. The van der Waals surface area contributed by atoms with Crippen LogP contribution in [0.25, 0.3) is 11.3 Å². The molecule has 0 atom stereocenters.